The first kappa shape index (κ1) is 32.7. The molecule has 182 valence electrons. The summed E-state index contributed by atoms with van der Waals surface area (Å²) in [6.45, 7) is 3.88. The summed E-state index contributed by atoms with van der Waals surface area (Å²) in [5.74, 6) is -1.72. The number of unbranched alkanes of at least 4 members (excludes halogenated alkanes) is 10. The van der Waals surface area contributed by atoms with E-state index in [0.29, 0.717) is 0 Å². The van der Waals surface area contributed by atoms with Crippen molar-refractivity contribution in [2.45, 2.75) is 96.3 Å². The van der Waals surface area contributed by atoms with E-state index in [1.54, 1.807) is 6.07 Å². The molecule has 0 saturated heterocycles. The minimum atomic E-state index is -4.80. The first-order chi connectivity index (χ1) is 15.3. The minimum Gasteiger partial charge on any atom is -0.745 e. The van der Waals surface area contributed by atoms with Crippen LogP contribution in [-0.2, 0) is 19.6 Å². The van der Waals surface area contributed by atoms with Gasteiger partial charge >= 0.3 is 63.3 Å². The van der Waals surface area contributed by atoms with Gasteiger partial charge in [-0.2, -0.15) is 0 Å². The van der Waals surface area contributed by atoms with Crippen molar-refractivity contribution in [2.75, 3.05) is 6.61 Å². The van der Waals surface area contributed by atoms with Gasteiger partial charge in [0, 0.05) is 0 Å². The summed E-state index contributed by atoms with van der Waals surface area (Å²) in [6, 6.07) is 5.83. The molecule has 0 aliphatic heterocycles. The molecule has 33 heavy (non-hydrogen) atoms. The Bertz CT molecular complexity index is 796. The first-order valence-corrected chi connectivity index (χ1v) is 13.2. The number of hydrogen-bond donors (Lipinski definition) is 0. The number of rotatable bonds is 17. The summed E-state index contributed by atoms with van der Waals surface area (Å²) in [6.07, 6.45) is 12.9. The SMILES string of the molecule is CCCCCCCCCCCCCOC(=O)c1ccccc1C(=O)OC(CC)S(=O)(=O)[O-].[K+]. The molecule has 0 saturated carbocycles. The van der Waals surface area contributed by atoms with Crippen molar-refractivity contribution in [3.05, 3.63) is 35.4 Å². The molecular formula is C24H37KO7S. The molecule has 0 radical (unpaired) electrons. The van der Waals surface area contributed by atoms with E-state index in [9.17, 15) is 22.6 Å². The Hall–Kier alpha value is -0.294. The van der Waals surface area contributed by atoms with Crippen LogP contribution in [0.3, 0.4) is 0 Å². The molecule has 0 amide bonds. The molecule has 1 rings (SSSR count). The van der Waals surface area contributed by atoms with E-state index < -0.39 is 27.5 Å². The van der Waals surface area contributed by atoms with E-state index in [1.165, 1.54) is 76.5 Å². The largest absolute Gasteiger partial charge is 1.00 e. The Labute approximate surface area is 241 Å². The van der Waals surface area contributed by atoms with Gasteiger partial charge in [0.25, 0.3) is 0 Å². The number of benzene rings is 1. The first-order valence-electron chi connectivity index (χ1n) is 11.7. The van der Waals surface area contributed by atoms with Gasteiger partial charge in [0.05, 0.1) is 17.7 Å². The number of carbonyl (C=O) groups excluding carboxylic acids is 2. The number of esters is 2. The predicted molar refractivity (Wildman–Crippen MR) is 122 cm³/mol. The standard InChI is InChI=1S/C24H38O7S.K/c1-3-5-6-7-8-9-10-11-12-13-16-19-30-23(25)20-17-14-15-18-21(20)24(26)31-22(4-2)32(27,28)29;/h14-15,17-18,22H,3-13,16,19H2,1-2H3,(H,27,28,29);/q;+1/p-1. The molecule has 0 aromatic heterocycles. The molecule has 7 nitrogen and oxygen atoms in total. The van der Waals surface area contributed by atoms with E-state index in [0.717, 1.165) is 19.3 Å². The molecule has 0 N–H and O–H groups in total. The molecule has 1 unspecified atom stereocenters. The summed E-state index contributed by atoms with van der Waals surface area (Å²) in [5, 5.41) is 0. The summed E-state index contributed by atoms with van der Waals surface area (Å²) in [7, 11) is -4.80. The quantitative estimate of drug-likeness (QED) is 0.138. The van der Waals surface area contributed by atoms with Crippen LogP contribution < -0.4 is 51.4 Å². The molecule has 0 bridgehead atoms. The summed E-state index contributed by atoms with van der Waals surface area (Å²) in [5.41, 5.74) is -1.94. The molecule has 1 aromatic rings. The second-order valence-corrected chi connectivity index (χ2v) is 9.46. The van der Waals surface area contributed by atoms with Gasteiger partial charge < -0.3 is 14.0 Å². The second-order valence-electron chi connectivity index (χ2n) is 7.95. The zero-order valence-corrected chi connectivity index (χ0v) is 24.3. The Morgan fingerprint density at radius 2 is 1.27 bits per heavy atom. The van der Waals surface area contributed by atoms with Crippen molar-refractivity contribution in [3.8, 4) is 0 Å². The maximum absolute atomic E-state index is 12.4. The Kier molecular flexibility index (Phi) is 18.8. The van der Waals surface area contributed by atoms with Crippen molar-refractivity contribution in [3.63, 3.8) is 0 Å². The van der Waals surface area contributed by atoms with Gasteiger partial charge in [-0.1, -0.05) is 90.2 Å². The number of ether oxygens (including phenoxy) is 2. The fourth-order valence-electron chi connectivity index (χ4n) is 3.38. The number of carbonyl (C=O) groups is 2. The summed E-state index contributed by atoms with van der Waals surface area (Å²) in [4.78, 5) is 24.7. The van der Waals surface area contributed by atoms with Crippen LogP contribution in [0.15, 0.2) is 24.3 Å². The maximum atomic E-state index is 12.4. The minimum absolute atomic E-state index is 0. The van der Waals surface area contributed by atoms with Crippen LogP contribution in [0.1, 0.15) is 112 Å². The topological polar surface area (TPSA) is 110 Å². The summed E-state index contributed by atoms with van der Waals surface area (Å²) < 4.78 is 43.6. The van der Waals surface area contributed by atoms with Crippen LogP contribution >= 0.6 is 0 Å². The Morgan fingerprint density at radius 1 is 0.818 bits per heavy atom. The van der Waals surface area contributed by atoms with Gasteiger partial charge in [-0.3, -0.25) is 0 Å². The Balaban J connectivity index is 0.0000102. The smallest absolute Gasteiger partial charge is 0.745 e. The van der Waals surface area contributed by atoms with Crippen LogP contribution in [0.25, 0.3) is 0 Å². The van der Waals surface area contributed by atoms with Gasteiger partial charge in [-0.15, -0.1) is 0 Å². The van der Waals surface area contributed by atoms with Crippen LogP contribution in [0.5, 0.6) is 0 Å². The zero-order valence-electron chi connectivity index (χ0n) is 20.3. The fourth-order valence-corrected chi connectivity index (χ4v) is 3.99. The van der Waals surface area contributed by atoms with Gasteiger partial charge in [0.15, 0.2) is 5.44 Å². The van der Waals surface area contributed by atoms with Crippen molar-refractivity contribution in [1.29, 1.82) is 0 Å². The van der Waals surface area contributed by atoms with Crippen LogP contribution in [-0.4, -0.2) is 37.0 Å². The van der Waals surface area contributed by atoms with Crippen LogP contribution in [0.2, 0.25) is 0 Å². The third-order valence-corrected chi connectivity index (χ3v) is 6.32. The summed E-state index contributed by atoms with van der Waals surface area (Å²) >= 11 is 0. The molecule has 0 heterocycles. The predicted octanol–water partition coefficient (Wildman–Crippen LogP) is 2.60. The van der Waals surface area contributed by atoms with Crippen molar-refractivity contribution in [2.24, 2.45) is 0 Å². The van der Waals surface area contributed by atoms with E-state index in [-0.39, 0.29) is 75.5 Å². The van der Waals surface area contributed by atoms with E-state index in [2.05, 4.69) is 6.92 Å². The Morgan fingerprint density at radius 3 is 1.73 bits per heavy atom. The average molecular weight is 509 g/mol. The van der Waals surface area contributed by atoms with Crippen LogP contribution in [0.4, 0.5) is 0 Å². The van der Waals surface area contributed by atoms with Crippen molar-refractivity contribution in [1.82, 2.24) is 0 Å². The second kappa shape index (κ2) is 19.0. The van der Waals surface area contributed by atoms with Gasteiger partial charge in [-0.05, 0) is 25.0 Å². The number of hydrogen-bond acceptors (Lipinski definition) is 7. The molecular weight excluding hydrogens is 471 g/mol. The van der Waals surface area contributed by atoms with Crippen LogP contribution in [0, 0.1) is 0 Å². The maximum Gasteiger partial charge on any atom is 1.00 e. The fraction of sp³-hybridized carbons (Fsp3) is 0.667. The molecule has 1 atom stereocenters. The molecule has 0 spiro atoms. The van der Waals surface area contributed by atoms with Gasteiger partial charge in [0.1, 0.15) is 10.1 Å². The molecule has 0 fully saturated rings. The molecule has 9 heteroatoms. The third-order valence-electron chi connectivity index (χ3n) is 5.24. The third kappa shape index (κ3) is 14.0. The molecule has 0 aliphatic carbocycles. The van der Waals surface area contributed by atoms with Gasteiger partial charge in [0.2, 0.25) is 0 Å². The van der Waals surface area contributed by atoms with Crippen molar-refractivity contribution < 1.29 is 83.4 Å². The molecule has 1 aromatic carbocycles. The van der Waals surface area contributed by atoms with E-state index in [4.69, 9.17) is 9.47 Å². The zero-order chi connectivity index (χ0) is 23.8. The van der Waals surface area contributed by atoms with E-state index >= 15 is 0 Å². The monoisotopic (exact) mass is 508 g/mol. The van der Waals surface area contributed by atoms with E-state index in [1.807, 2.05) is 0 Å². The molecule has 0 aliphatic rings. The van der Waals surface area contributed by atoms with Crippen molar-refractivity contribution >= 4 is 22.1 Å². The average Bonchev–Trinajstić information content (AvgIpc) is 2.77. The van der Waals surface area contributed by atoms with Gasteiger partial charge in [-0.25, -0.2) is 18.0 Å². The normalized spacial score (nSPS) is 12.0.